The number of pyridine rings is 1. The lowest BCUT2D eigenvalue weighted by molar-refractivity contribution is 0.413. The Hall–Kier alpha value is -2.17. The van der Waals surface area contributed by atoms with Crippen molar-refractivity contribution in [3.8, 4) is 17.0 Å². The van der Waals surface area contributed by atoms with Gasteiger partial charge in [0.05, 0.1) is 19.0 Å². The van der Waals surface area contributed by atoms with Gasteiger partial charge in [0.1, 0.15) is 17.4 Å². The Bertz CT molecular complexity index is 557. The number of methoxy groups -OCH3 is 1. The maximum absolute atomic E-state index is 5.19. The number of aromatic nitrogens is 3. The van der Waals surface area contributed by atoms with Crippen LogP contribution in [-0.4, -0.2) is 28.6 Å². The third-order valence-corrected chi connectivity index (χ3v) is 2.69. The molecule has 0 aliphatic heterocycles. The highest BCUT2D eigenvalue weighted by Crippen LogP contribution is 2.22. The van der Waals surface area contributed by atoms with Crippen molar-refractivity contribution in [2.75, 3.05) is 19.0 Å². The van der Waals surface area contributed by atoms with Crippen LogP contribution in [0.2, 0.25) is 0 Å². The molecule has 0 saturated heterocycles. The molecule has 5 nitrogen and oxygen atoms in total. The molecule has 0 amide bonds. The predicted molar refractivity (Wildman–Crippen MR) is 75.4 cm³/mol. The molecule has 2 aromatic heterocycles. The molecule has 0 aliphatic carbocycles. The van der Waals surface area contributed by atoms with Crippen LogP contribution in [-0.2, 0) is 6.42 Å². The highest BCUT2D eigenvalue weighted by atomic mass is 16.5. The zero-order valence-electron chi connectivity index (χ0n) is 11.5. The topological polar surface area (TPSA) is 59.9 Å². The zero-order valence-corrected chi connectivity index (χ0v) is 11.5. The van der Waals surface area contributed by atoms with Gasteiger partial charge in [-0.3, -0.25) is 4.98 Å². The van der Waals surface area contributed by atoms with Gasteiger partial charge in [0, 0.05) is 30.8 Å². The van der Waals surface area contributed by atoms with E-state index in [4.69, 9.17) is 4.74 Å². The number of nitrogens with one attached hydrogen (secondary N) is 1. The standard InChI is InChI=1S/C14H18N4O/c1-4-13-17-12(7-14(18-13)16-5-2)10-6-11(19-3)9-15-8-10/h6-9H,4-5H2,1-3H3,(H,16,17,18). The van der Waals surface area contributed by atoms with Gasteiger partial charge in [-0.05, 0) is 13.0 Å². The Labute approximate surface area is 113 Å². The average Bonchev–Trinajstić information content (AvgIpc) is 2.47. The molecule has 19 heavy (non-hydrogen) atoms. The molecular formula is C14H18N4O. The fourth-order valence-corrected chi connectivity index (χ4v) is 1.75. The summed E-state index contributed by atoms with van der Waals surface area (Å²) in [4.78, 5) is 13.1. The number of nitrogens with zero attached hydrogens (tertiary/aromatic N) is 3. The van der Waals surface area contributed by atoms with Crippen LogP contribution in [0.25, 0.3) is 11.3 Å². The van der Waals surface area contributed by atoms with Gasteiger partial charge in [0.25, 0.3) is 0 Å². The average molecular weight is 258 g/mol. The largest absolute Gasteiger partial charge is 0.495 e. The van der Waals surface area contributed by atoms with Gasteiger partial charge in [-0.15, -0.1) is 0 Å². The van der Waals surface area contributed by atoms with Crippen molar-refractivity contribution in [2.45, 2.75) is 20.3 Å². The van der Waals surface area contributed by atoms with Gasteiger partial charge in [-0.1, -0.05) is 6.92 Å². The van der Waals surface area contributed by atoms with Crippen molar-refractivity contribution in [1.82, 2.24) is 15.0 Å². The lowest BCUT2D eigenvalue weighted by atomic mass is 10.2. The lowest BCUT2D eigenvalue weighted by Crippen LogP contribution is -2.04. The molecule has 0 fully saturated rings. The summed E-state index contributed by atoms with van der Waals surface area (Å²) in [7, 11) is 1.63. The number of anilines is 1. The first-order chi connectivity index (χ1) is 9.26. The number of hydrogen-bond acceptors (Lipinski definition) is 5. The first kappa shape index (κ1) is 13.3. The molecule has 5 heteroatoms. The summed E-state index contributed by atoms with van der Waals surface area (Å²) in [5, 5.41) is 3.22. The molecule has 0 aliphatic rings. The molecule has 0 aromatic carbocycles. The van der Waals surface area contributed by atoms with E-state index >= 15 is 0 Å². The molecule has 2 aromatic rings. The highest BCUT2D eigenvalue weighted by molar-refractivity contribution is 5.63. The second kappa shape index (κ2) is 6.13. The number of rotatable bonds is 5. The van der Waals surface area contributed by atoms with E-state index in [-0.39, 0.29) is 0 Å². The monoisotopic (exact) mass is 258 g/mol. The summed E-state index contributed by atoms with van der Waals surface area (Å²) in [6.45, 7) is 4.91. The lowest BCUT2D eigenvalue weighted by Gasteiger charge is -2.08. The molecule has 0 atom stereocenters. The smallest absolute Gasteiger partial charge is 0.137 e. The molecule has 100 valence electrons. The Morgan fingerprint density at radius 2 is 2.00 bits per heavy atom. The normalized spacial score (nSPS) is 10.3. The maximum atomic E-state index is 5.19. The molecule has 0 saturated carbocycles. The third-order valence-electron chi connectivity index (χ3n) is 2.69. The second-order valence-corrected chi connectivity index (χ2v) is 4.05. The van der Waals surface area contributed by atoms with Gasteiger partial charge in [0.15, 0.2) is 0 Å². The second-order valence-electron chi connectivity index (χ2n) is 4.05. The van der Waals surface area contributed by atoms with Crippen LogP contribution < -0.4 is 10.1 Å². The van der Waals surface area contributed by atoms with E-state index in [2.05, 4.69) is 20.3 Å². The summed E-state index contributed by atoms with van der Waals surface area (Å²) >= 11 is 0. The van der Waals surface area contributed by atoms with Crippen molar-refractivity contribution in [3.63, 3.8) is 0 Å². The fourth-order valence-electron chi connectivity index (χ4n) is 1.75. The number of ether oxygens (including phenoxy) is 1. The van der Waals surface area contributed by atoms with Crippen molar-refractivity contribution in [2.24, 2.45) is 0 Å². The van der Waals surface area contributed by atoms with Crippen molar-refractivity contribution in [3.05, 3.63) is 30.4 Å². The van der Waals surface area contributed by atoms with E-state index in [0.717, 1.165) is 41.6 Å². The molecule has 0 unspecified atom stereocenters. The minimum absolute atomic E-state index is 0.721. The van der Waals surface area contributed by atoms with E-state index in [9.17, 15) is 0 Å². The van der Waals surface area contributed by atoms with E-state index in [1.54, 1.807) is 19.5 Å². The zero-order chi connectivity index (χ0) is 13.7. The quantitative estimate of drug-likeness (QED) is 0.893. The number of aryl methyl sites for hydroxylation is 1. The van der Waals surface area contributed by atoms with E-state index < -0.39 is 0 Å². The van der Waals surface area contributed by atoms with Crippen LogP contribution in [0.1, 0.15) is 19.7 Å². The Morgan fingerprint density at radius 3 is 2.68 bits per heavy atom. The number of hydrogen-bond donors (Lipinski definition) is 1. The van der Waals surface area contributed by atoms with Crippen LogP contribution in [0.3, 0.4) is 0 Å². The van der Waals surface area contributed by atoms with Gasteiger partial charge in [0.2, 0.25) is 0 Å². The summed E-state index contributed by atoms with van der Waals surface area (Å²) in [5.74, 6) is 2.38. The molecule has 1 N–H and O–H groups in total. The van der Waals surface area contributed by atoms with Gasteiger partial charge in [-0.2, -0.15) is 0 Å². The Kier molecular flexibility index (Phi) is 4.28. The van der Waals surface area contributed by atoms with Crippen molar-refractivity contribution in [1.29, 1.82) is 0 Å². The molecular weight excluding hydrogens is 240 g/mol. The first-order valence-corrected chi connectivity index (χ1v) is 6.38. The Balaban J connectivity index is 2.44. The molecule has 0 bridgehead atoms. The van der Waals surface area contributed by atoms with E-state index in [1.807, 2.05) is 26.0 Å². The predicted octanol–water partition coefficient (Wildman–Crippen LogP) is 2.54. The minimum atomic E-state index is 0.721. The van der Waals surface area contributed by atoms with Crippen molar-refractivity contribution < 1.29 is 4.74 Å². The summed E-state index contributed by atoms with van der Waals surface area (Å²) in [6.07, 6.45) is 4.25. The van der Waals surface area contributed by atoms with Gasteiger partial charge >= 0.3 is 0 Å². The van der Waals surface area contributed by atoms with Crippen LogP contribution >= 0.6 is 0 Å². The minimum Gasteiger partial charge on any atom is -0.495 e. The molecule has 2 heterocycles. The van der Waals surface area contributed by atoms with E-state index in [1.165, 1.54) is 0 Å². The van der Waals surface area contributed by atoms with Crippen LogP contribution in [0.4, 0.5) is 5.82 Å². The summed E-state index contributed by atoms with van der Waals surface area (Å²) < 4.78 is 5.19. The fraction of sp³-hybridized carbons (Fsp3) is 0.357. The molecule has 2 rings (SSSR count). The molecule has 0 spiro atoms. The molecule has 0 radical (unpaired) electrons. The maximum Gasteiger partial charge on any atom is 0.137 e. The summed E-state index contributed by atoms with van der Waals surface area (Å²) in [6, 6.07) is 3.85. The summed E-state index contributed by atoms with van der Waals surface area (Å²) in [5.41, 5.74) is 1.78. The highest BCUT2D eigenvalue weighted by Gasteiger charge is 2.07. The van der Waals surface area contributed by atoms with Crippen LogP contribution in [0, 0.1) is 0 Å². The van der Waals surface area contributed by atoms with Gasteiger partial charge in [-0.25, -0.2) is 9.97 Å². The van der Waals surface area contributed by atoms with Gasteiger partial charge < -0.3 is 10.1 Å². The SMILES string of the molecule is CCNc1cc(-c2cncc(OC)c2)nc(CC)n1. The van der Waals surface area contributed by atoms with Crippen molar-refractivity contribution >= 4 is 5.82 Å². The first-order valence-electron chi connectivity index (χ1n) is 6.38. The Morgan fingerprint density at radius 1 is 1.16 bits per heavy atom. The third kappa shape index (κ3) is 3.19. The van der Waals surface area contributed by atoms with Crippen LogP contribution in [0.5, 0.6) is 5.75 Å². The van der Waals surface area contributed by atoms with E-state index in [0.29, 0.717) is 0 Å². The van der Waals surface area contributed by atoms with Crippen LogP contribution in [0.15, 0.2) is 24.5 Å².